The van der Waals surface area contributed by atoms with Gasteiger partial charge in [0.2, 0.25) is 0 Å². The summed E-state index contributed by atoms with van der Waals surface area (Å²) in [5.74, 6) is -0.381. The Kier molecular flexibility index (Phi) is 4.14. The van der Waals surface area contributed by atoms with E-state index in [0.717, 1.165) is 0 Å². The molecule has 1 N–H and O–H groups in total. The van der Waals surface area contributed by atoms with Crippen LogP contribution >= 0.6 is 0 Å². The first-order valence-corrected chi connectivity index (χ1v) is 6.22. The number of hydrogen-bond donors (Lipinski definition) is 1. The van der Waals surface area contributed by atoms with Gasteiger partial charge < -0.3 is 5.32 Å². The van der Waals surface area contributed by atoms with Gasteiger partial charge in [-0.05, 0) is 25.1 Å². The van der Waals surface area contributed by atoms with Crippen molar-refractivity contribution in [1.82, 2.24) is 0 Å². The highest BCUT2D eigenvalue weighted by Crippen LogP contribution is 2.29. The van der Waals surface area contributed by atoms with E-state index in [-0.39, 0.29) is 22.8 Å². The lowest BCUT2D eigenvalue weighted by atomic mass is 10.1. The van der Waals surface area contributed by atoms with Crippen LogP contribution in [0.5, 0.6) is 0 Å². The molecule has 0 aliphatic rings. The fourth-order valence-electron chi connectivity index (χ4n) is 2.01. The van der Waals surface area contributed by atoms with Gasteiger partial charge in [-0.15, -0.1) is 0 Å². The Balaban J connectivity index is 2.34. The second-order valence-corrected chi connectivity index (χ2v) is 4.49. The molecule has 1 atom stereocenters. The summed E-state index contributed by atoms with van der Waals surface area (Å²) in [4.78, 5) is 10.5. The van der Waals surface area contributed by atoms with Crippen molar-refractivity contribution in [2.75, 3.05) is 5.32 Å². The van der Waals surface area contributed by atoms with Crippen molar-refractivity contribution in [3.8, 4) is 6.07 Å². The Hall–Kier alpha value is -2.94. The zero-order valence-corrected chi connectivity index (χ0v) is 11.2. The third-order valence-corrected chi connectivity index (χ3v) is 3.07. The molecule has 0 bridgehead atoms. The third-order valence-electron chi connectivity index (χ3n) is 3.07. The number of anilines is 1. The standard InChI is InChI=1S/C15H12FN3O2/c1-10(12-4-2-3-5-13(12)16)18-14-7-6-11(9-17)8-15(14)19(20)21/h2-8,10,18H,1H3. The van der Waals surface area contributed by atoms with Crippen LogP contribution in [0.3, 0.4) is 0 Å². The quantitative estimate of drug-likeness (QED) is 0.685. The van der Waals surface area contributed by atoms with Crippen molar-refractivity contribution >= 4 is 11.4 Å². The van der Waals surface area contributed by atoms with Crippen molar-refractivity contribution in [3.63, 3.8) is 0 Å². The topological polar surface area (TPSA) is 79.0 Å². The van der Waals surface area contributed by atoms with Gasteiger partial charge in [0.1, 0.15) is 11.5 Å². The molecule has 0 spiro atoms. The molecule has 1 unspecified atom stereocenters. The van der Waals surface area contributed by atoms with Crippen LogP contribution in [-0.4, -0.2) is 4.92 Å². The number of nitriles is 1. The molecule has 0 heterocycles. The zero-order valence-electron chi connectivity index (χ0n) is 11.2. The summed E-state index contributed by atoms with van der Waals surface area (Å²) >= 11 is 0. The maximum atomic E-state index is 13.7. The molecule has 0 aliphatic heterocycles. The molecule has 21 heavy (non-hydrogen) atoms. The fourth-order valence-corrected chi connectivity index (χ4v) is 2.01. The van der Waals surface area contributed by atoms with E-state index in [0.29, 0.717) is 5.56 Å². The van der Waals surface area contributed by atoms with Crippen LogP contribution in [0.25, 0.3) is 0 Å². The monoisotopic (exact) mass is 285 g/mol. The van der Waals surface area contributed by atoms with Gasteiger partial charge in [0.25, 0.3) is 5.69 Å². The van der Waals surface area contributed by atoms with Crippen LogP contribution in [0.4, 0.5) is 15.8 Å². The van der Waals surface area contributed by atoms with Crippen LogP contribution in [0.1, 0.15) is 24.1 Å². The smallest absolute Gasteiger partial charge is 0.293 e. The maximum absolute atomic E-state index is 13.7. The van der Waals surface area contributed by atoms with Gasteiger partial charge in [-0.25, -0.2) is 4.39 Å². The predicted molar refractivity (Wildman–Crippen MR) is 76.2 cm³/mol. The molecule has 0 saturated heterocycles. The van der Waals surface area contributed by atoms with Crippen LogP contribution in [-0.2, 0) is 0 Å². The summed E-state index contributed by atoms with van der Waals surface area (Å²) in [6.07, 6.45) is 0. The minimum atomic E-state index is -0.572. The molecule has 5 nitrogen and oxygen atoms in total. The Morgan fingerprint density at radius 1 is 1.33 bits per heavy atom. The van der Waals surface area contributed by atoms with E-state index < -0.39 is 11.0 Å². The molecule has 2 aromatic rings. The first-order chi connectivity index (χ1) is 10.0. The van der Waals surface area contributed by atoms with Gasteiger partial charge in [-0.2, -0.15) is 5.26 Å². The molecular weight excluding hydrogens is 273 g/mol. The number of benzene rings is 2. The zero-order chi connectivity index (χ0) is 15.4. The average molecular weight is 285 g/mol. The summed E-state index contributed by atoms with van der Waals surface area (Å²) in [5, 5.41) is 22.8. The molecule has 0 amide bonds. The summed E-state index contributed by atoms with van der Waals surface area (Å²) in [6.45, 7) is 1.71. The molecule has 0 saturated carbocycles. The molecule has 2 rings (SSSR count). The lowest BCUT2D eigenvalue weighted by molar-refractivity contribution is -0.384. The molecule has 106 valence electrons. The summed E-state index contributed by atoms with van der Waals surface area (Å²) in [7, 11) is 0. The predicted octanol–water partition coefficient (Wildman–Crippen LogP) is 3.78. The number of nitrogens with one attached hydrogen (secondary N) is 1. The minimum absolute atomic E-state index is 0.200. The number of nitro groups is 1. The third kappa shape index (κ3) is 3.15. The van der Waals surface area contributed by atoms with Gasteiger partial charge in [-0.3, -0.25) is 10.1 Å². The molecule has 0 radical (unpaired) electrons. The van der Waals surface area contributed by atoms with Gasteiger partial charge in [0.15, 0.2) is 0 Å². The van der Waals surface area contributed by atoms with Crippen molar-refractivity contribution in [2.24, 2.45) is 0 Å². The van der Waals surface area contributed by atoms with Crippen LogP contribution in [0.15, 0.2) is 42.5 Å². The second-order valence-electron chi connectivity index (χ2n) is 4.49. The highest BCUT2D eigenvalue weighted by Gasteiger charge is 2.18. The van der Waals surface area contributed by atoms with Crippen LogP contribution in [0.2, 0.25) is 0 Å². The lowest BCUT2D eigenvalue weighted by Crippen LogP contribution is -2.10. The molecule has 6 heteroatoms. The Morgan fingerprint density at radius 2 is 2.05 bits per heavy atom. The normalized spacial score (nSPS) is 11.5. The minimum Gasteiger partial charge on any atom is -0.373 e. The van der Waals surface area contributed by atoms with E-state index in [2.05, 4.69) is 5.32 Å². The number of hydrogen-bond acceptors (Lipinski definition) is 4. The Bertz CT molecular complexity index is 725. The summed E-state index contributed by atoms with van der Waals surface area (Å²) < 4.78 is 13.7. The number of rotatable bonds is 4. The number of halogens is 1. The van der Waals surface area contributed by atoms with Crippen molar-refractivity contribution in [3.05, 3.63) is 69.5 Å². The summed E-state index contributed by atoms with van der Waals surface area (Å²) in [6, 6.07) is 11.7. The van der Waals surface area contributed by atoms with E-state index in [1.54, 1.807) is 25.1 Å². The second kappa shape index (κ2) is 6.01. The van der Waals surface area contributed by atoms with E-state index in [1.165, 1.54) is 24.3 Å². The molecule has 0 aromatic heterocycles. The average Bonchev–Trinajstić information content (AvgIpc) is 2.47. The lowest BCUT2D eigenvalue weighted by Gasteiger charge is -2.16. The highest BCUT2D eigenvalue weighted by atomic mass is 19.1. The molecular formula is C15H12FN3O2. The largest absolute Gasteiger partial charge is 0.373 e. The number of nitrogens with zero attached hydrogens (tertiary/aromatic N) is 2. The van der Waals surface area contributed by atoms with Crippen LogP contribution in [0, 0.1) is 27.3 Å². The van der Waals surface area contributed by atoms with Crippen molar-refractivity contribution in [1.29, 1.82) is 5.26 Å². The fraction of sp³-hybridized carbons (Fsp3) is 0.133. The van der Waals surface area contributed by atoms with Gasteiger partial charge >= 0.3 is 0 Å². The van der Waals surface area contributed by atoms with Crippen molar-refractivity contribution in [2.45, 2.75) is 13.0 Å². The van der Waals surface area contributed by atoms with Gasteiger partial charge in [-0.1, -0.05) is 18.2 Å². The molecule has 0 aliphatic carbocycles. The Morgan fingerprint density at radius 3 is 2.67 bits per heavy atom. The van der Waals surface area contributed by atoms with E-state index in [9.17, 15) is 14.5 Å². The molecule has 0 fully saturated rings. The highest BCUT2D eigenvalue weighted by molar-refractivity contribution is 5.64. The van der Waals surface area contributed by atoms with Crippen molar-refractivity contribution < 1.29 is 9.31 Å². The van der Waals surface area contributed by atoms with E-state index in [4.69, 9.17) is 5.26 Å². The molecule has 2 aromatic carbocycles. The van der Waals surface area contributed by atoms with Gasteiger partial charge in [0.05, 0.1) is 22.6 Å². The van der Waals surface area contributed by atoms with Gasteiger partial charge in [0, 0.05) is 11.6 Å². The SMILES string of the molecule is CC(Nc1ccc(C#N)cc1[N+](=O)[O-])c1ccccc1F. The first-order valence-electron chi connectivity index (χ1n) is 6.22. The first kappa shape index (κ1) is 14.5. The summed E-state index contributed by atoms with van der Waals surface area (Å²) in [5.41, 5.74) is 0.647. The van der Waals surface area contributed by atoms with E-state index in [1.807, 2.05) is 6.07 Å². The van der Waals surface area contributed by atoms with Crippen LogP contribution < -0.4 is 5.32 Å². The number of nitro benzene ring substituents is 1. The maximum Gasteiger partial charge on any atom is 0.293 e. The van der Waals surface area contributed by atoms with E-state index >= 15 is 0 Å². The Labute approximate surface area is 120 Å².